The first kappa shape index (κ1) is 15.2. The van der Waals surface area contributed by atoms with Crippen LogP contribution in [-0.2, 0) is 4.79 Å². The van der Waals surface area contributed by atoms with Crippen LogP contribution in [0.4, 0.5) is 11.4 Å². The van der Waals surface area contributed by atoms with Gasteiger partial charge in [-0.05, 0) is 49.7 Å². The van der Waals surface area contributed by atoms with E-state index >= 15 is 0 Å². The second-order valence-electron chi connectivity index (χ2n) is 4.75. The summed E-state index contributed by atoms with van der Waals surface area (Å²) in [5.41, 5.74) is 7.95. The van der Waals surface area contributed by atoms with Gasteiger partial charge in [-0.2, -0.15) is 0 Å². The van der Waals surface area contributed by atoms with E-state index < -0.39 is 6.10 Å². The van der Waals surface area contributed by atoms with Crippen LogP contribution in [-0.4, -0.2) is 12.0 Å². The van der Waals surface area contributed by atoms with E-state index in [1.165, 1.54) is 0 Å². The van der Waals surface area contributed by atoms with Gasteiger partial charge >= 0.3 is 0 Å². The van der Waals surface area contributed by atoms with Gasteiger partial charge in [-0.3, -0.25) is 4.79 Å². The molecule has 0 aromatic heterocycles. The van der Waals surface area contributed by atoms with Crippen LogP contribution in [0.25, 0.3) is 0 Å². The number of para-hydroxylation sites is 1. The van der Waals surface area contributed by atoms with Gasteiger partial charge in [0.25, 0.3) is 5.91 Å². The SMILES string of the molecule is Cc1cc(N)ccc1NC(=O)[C@@H](C)Oc1ccccc1Cl. The van der Waals surface area contributed by atoms with Crippen LogP contribution in [0.1, 0.15) is 12.5 Å². The molecule has 21 heavy (non-hydrogen) atoms. The van der Waals surface area contributed by atoms with E-state index in [1.807, 2.05) is 6.92 Å². The predicted molar refractivity (Wildman–Crippen MR) is 85.8 cm³/mol. The zero-order chi connectivity index (χ0) is 15.4. The number of nitrogens with two attached hydrogens (primary N) is 1. The summed E-state index contributed by atoms with van der Waals surface area (Å²) in [5.74, 6) is 0.235. The van der Waals surface area contributed by atoms with Gasteiger partial charge in [-0.25, -0.2) is 0 Å². The van der Waals surface area contributed by atoms with Gasteiger partial charge in [-0.15, -0.1) is 0 Å². The van der Waals surface area contributed by atoms with Crippen molar-refractivity contribution in [2.24, 2.45) is 0 Å². The van der Waals surface area contributed by atoms with Gasteiger partial charge in [0.05, 0.1) is 5.02 Å². The molecule has 1 atom stereocenters. The molecule has 0 radical (unpaired) electrons. The molecule has 2 rings (SSSR count). The number of nitrogens with one attached hydrogen (secondary N) is 1. The van der Waals surface area contributed by atoms with Crippen LogP contribution >= 0.6 is 11.6 Å². The minimum absolute atomic E-state index is 0.247. The quantitative estimate of drug-likeness (QED) is 0.848. The maximum Gasteiger partial charge on any atom is 0.265 e. The molecule has 0 aliphatic rings. The number of aryl methyl sites for hydroxylation is 1. The highest BCUT2D eigenvalue weighted by atomic mass is 35.5. The molecule has 2 aromatic rings. The molecule has 2 aromatic carbocycles. The second kappa shape index (κ2) is 6.50. The lowest BCUT2D eigenvalue weighted by Gasteiger charge is -2.16. The van der Waals surface area contributed by atoms with Gasteiger partial charge in [0.15, 0.2) is 6.10 Å². The molecule has 3 N–H and O–H groups in total. The molecule has 0 unspecified atom stereocenters. The number of hydrogen-bond donors (Lipinski definition) is 2. The molecule has 0 fully saturated rings. The molecule has 0 bridgehead atoms. The number of amides is 1. The van der Waals surface area contributed by atoms with Gasteiger partial charge in [-0.1, -0.05) is 23.7 Å². The van der Waals surface area contributed by atoms with E-state index in [2.05, 4.69) is 5.32 Å². The summed E-state index contributed by atoms with van der Waals surface area (Å²) in [6.45, 7) is 3.55. The average molecular weight is 305 g/mol. The Morgan fingerprint density at radius 3 is 2.67 bits per heavy atom. The number of ether oxygens (including phenoxy) is 1. The van der Waals surface area contributed by atoms with Crippen molar-refractivity contribution in [2.45, 2.75) is 20.0 Å². The standard InChI is InChI=1S/C16H17ClN2O2/c1-10-9-12(18)7-8-14(10)19-16(20)11(2)21-15-6-4-3-5-13(15)17/h3-9,11H,18H2,1-2H3,(H,19,20)/t11-/m1/s1. The Morgan fingerprint density at radius 1 is 1.29 bits per heavy atom. The van der Waals surface area contributed by atoms with Crippen LogP contribution < -0.4 is 15.8 Å². The van der Waals surface area contributed by atoms with Gasteiger partial charge in [0.2, 0.25) is 0 Å². The number of hydrogen-bond acceptors (Lipinski definition) is 3. The third-order valence-corrected chi connectivity index (χ3v) is 3.33. The zero-order valence-electron chi connectivity index (χ0n) is 11.9. The molecule has 0 spiro atoms. The number of halogens is 1. The van der Waals surface area contributed by atoms with E-state index in [-0.39, 0.29) is 5.91 Å². The maximum absolute atomic E-state index is 12.2. The van der Waals surface area contributed by atoms with Crippen LogP contribution in [0.15, 0.2) is 42.5 Å². The number of carbonyl (C=O) groups is 1. The highest BCUT2D eigenvalue weighted by Gasteiger charge is 2.16. The minimum Gasteiger partial charge on any atom is -0.479 e. The normalized spacial score (nSPS) is 11.8. The minimum atomic E-state index is -0.665. The van der Waals surface area contributed by atoms with Crippen molar-refractivity contribution in [2.75, 3.05) is 11.1 Å². The maximum atomic E-state index is 12.2. The molecule has 1 amide bonds. The topological polar surface area (TPSA) is 64.3 Å². The Kier molecular flexibility index (Phi) is 4.70. The molecule has 0 heterocycles. The molecule has 0 aliphatic carbocycles. The first-order chi connectivity index (χ1) is 9.97. The van der Waals surface area contributed by atoms with Crippen LogP contribution in [0.5, 0.6) is 5.75 Å². The Morgan fingerprint density at radius 2 is 2.00 bits per heavy atom. The predicted octanol–water partition coefficient (Wildman–Crippen LogP) is 3.64. The molecular formula is C16H17ClN2O2. The summed E-state index contributed by atoms with van der Waals surface area (Å²) in [5, 5.41) is 3.29. The fourth-order valence-electron chi connectivity index (χ4n) is 1.85. The van der Waals surface area contributed by atoms with Crippen molar-refractivity contribution >= 4 is 28.9 Å². The summed E-state index contributed by atoms with van der Waals surface area (Å²) >= 11 is 6.01. The first-order valence-corrected chi connectivity index (χ1v) is 6.93. The largest absolute Gasteiger partial charge is 0.479 e. The number of nitrogen functional groups attached to an aromatic ring is 1. The number of benzene rings is 2. The summed E-state index contributed by atoms with van der Waals surface area (Å²) < 4.78 is 5.57. The highest BCUT2D eigenvalue weighted by Crippen LogP contribution is 2.24. The van der Waals surface area contributed by atoms with Gasteiger partial charge in [0.1, 0.15) is 5.75 Å². The Balaban J connectivity index is 2.04. The van der Waals surface area contributed by atoms with Crippen molar-refractivity contribution < 1.29 is 9.53 Å². The van der Waals surface area contributed by atoms with E-state index in [9.17, 15) is 4.79 Å². The third kappa shape index (κ3) is 3.89. The van der Waals surface area contributed by atoms with E-state index in [1.54, 1.807) is 49.4 Å². The van der Waals surface area contributed by atoms with E-state index in [0.717, 1.165) is 5.56 Å². The van der Waals surface area contributed by atoms with Crippen molar-refractivity contribution in [3.8, 4) is 5.75 Å². The number of anilines is 2. The van der Waals surface area contributed by atoms with Crippen molar-refractivity contribution in [3.05, 3.63) is 53.1 Å². The summed E-state index contributed by atoms with van der Waals surface area (Å²) in [4.78, 5) is 12.2. The first-order valence-electron chi connectivity index (χ1n) is 6.55. The summed E-state index contributed by atoms with van der Waals surface area (Å²) in [6.07, 6.45) is -0.665. The number of carbonyl (C=O) groups excluding carboxylic acids is 1. The Labute approximate surface area is 128 Å². The molecular weight excluding hydrogens is 288 g/mol. The zero-order valence-corrected chi connectivity index (χ0v) is 12.6. The molecule has 0 aliphatic heterocycles. The smallest absolute Gasteiger partial charge is 0.265 e. The summed E-state index contributed by atoms with van der Waals surface area (Å²) in [7, 11) is 0. The van der Waals surface area contributed by atoms with Crippen molar-refractivity contribution in [1.29, 1.82) is 0 Å². The molecule has 0 saturated heterocycles. The third-order valence-electron chi connectivity index (χ3n) is 3.02. The monoisotopic (exact) mass is 304 g/mol. The van der Waals surface area contributed by atoms with Gasteiger partial charge in [0, 0.05) is 11.4 Å². The van der Waals surface area contributed by atoms with E-state index in [0.29, 0.717) is 22.1 Å². The lowest BCUT2D eigenvalue weighted by Crippen LogP contribution is -2.30. The van der Waals surface area contributed by atoms with Crippen molar-refractivity contribution in [3.63, 3.8) is 0 Å². The fraction of sp³-hybridized carbons (Fsp3) is 0.188. The lowest BCUT2D eigenvalue weighted by molar-refractivity contribution is -0.122. The second-order valence-corrected chi connectivity index (χ2v) is 5.16. The van der Waals surface area contributed by atoms with Crippen LogP contribution in [0.2, 0.25) is 5.02 Å². The van der Waals surface area contributed by atoms with E-state index in [4.69, 9.17) is 22.1 Å². The summed E-state index contributed by atoms with van der Waals surface area (Å²) in [6, 6.07) is 12.3. The molecule has 4 nitrogen and oxygen atoms in total. The van der Waals surface area contributed by atoms with Crippen LogP contribution in [0, 0.1) is 6.92 Å². The Bertz CT molecular complexity index is 658. The van der Waals surface area contributed by atoms with Crippen LogP contribution in [0.3, 0.4) is 0 Å². The molecule has 0 saturated carbocycles. The highest BCUT2D eigenvalue weighted by molar-refractivity contribution is 6.32. The fourth-order valence-corrected chi connectivity index (χ4v) is 2.03. The molecule has 110 valence electrons. The van der Waals surface area contributed by atoms with Crippen molar-refractivity contribution in [1.82, 2.24) is 0 Å². The average Bonchev–Trinajstić information content (AvgIpc) is 2.44. The number of rotatable bonds is 4. The Hall–Kier alpha value is -2.20. The van der Waals surface area contributed by atoms with Gasteiger partial charge < -0.3 is 15.8 Å². The lowest BCUT2D eigenvalue weighted by atomic mass is 10.1. The molecule has 5 heteroatoms.